The average Bonchev–Trinajstić information content (AvgIpc) is 3.42. The minimum absolute atomic E-state index is 0.0287. The summed E-state index contributed by atoms with van der Waals surface area (Å²) >= 11 is 0. The molecule has 0 aliphatic rings. The minimum Gasteiger partial charge on any atom is -0.394 e. The van der Waals surface area contributed by atoms with E-state index in [0.29, 0.717) is 19.8 Å². The van der Waals surface area contributed by atoms with Gasteiger partial charge < -0.3 is 14.4 Å². The third-order valence-corrected chi connectivity index (χ3v) is 4.51. The van der Waals surface area contributed by atoms with E-state index >= 15 is 0 Å². The summed E-state index contributed by atoms with van der Waals surface area (Å²) in [4.78, 5) is 4.67. The molecule has 0 unspecified atom stereocenters. The molecule has 142 valence electrons. The summed E-state index contributed by atoms with van der Waals surface area (Å²) in [6, 6.07) is 20.4. The lowest BCUT2D eigenvalue weighted by atomic mass is 10.0. The first-order chi connectivity index (χ1) is 13.9. The van der Waals surface area contributed by atoms with E-state index in [0.717, 1.165) is 28.2 Å². The van der Waals surface area contributed by atoms with Gasteiger partial charge in [0.2, 0.25) is 0 Å². The number of aromatic nitrogens is 4. The van der Waals surface area contributed by atoms with E-state index < -0.39 is 0 Å². The number of aliphatic hydroxyl groups excluding tert-OH is 1. The van der Waals surface area contributed by atoms with Gasteiger partial charge in [-0.25, -0.2) is 9.67 Å². The van der Waals surface area contributed by atoms with E-state index in [4.69, 9.17) is 9.84 Å². The first-order valence-electron chi connectivity index (χ1n) is 9.26. The predicted octanol–water partition coefficient (Wildman–Crippen LogP) is 3.41. The van der Waals surface area contributed by atoms with Gasteiger partial charge in [0.25, 0.3) is 0 Å². The Labute approximate surface area is 163 Å². The highest BCUT2D eigenvalue weighted by atomic mass is 16.5. The van der Waals surface area contributed by atoms with Gasteiger partial charge in [-0.3, -0.25) is 0 Å². The highest BCUT2D eigenvalue weighted by molar-refractivity contribution is 5.78. The van der Waals surface area contributed by atoms with Crippen molar-refractivity contribution in [1.29, 1.82) is 0 Å². The number of aliphatic hydroxyl groups is 1. The number of ether oxygens (including phenoxy) is 1. The van der Waals surface area contributed by atoms with Crippen LogP contribution in [0.1, 0.15) is 0 Å². The molecule has 0 fully saturated rings. The van der Waals surface area contributed by atoms with E-state index in [-0.39, 0.29) is 6.61 Å². The molecule has 2 aromatic heterocycles. The van der Waals surface area contributed by atoms with E-state index in [1.807, 2.05) is 41.5 Å². The van der Waals surface area contributed by atoms with Gasteiger partial charge in [-0.1, -0.05) is 42.5 Å². The molecule has 2 aromatic carbocycles. The van der Waals surface area contributed by atoms with Crippen LogP contribution in [0.5, 0.6) is 0 Å². The zero-order valence-corrected chi connectivity index (χ0v) is 15.5. The molecule has 28 heavy (non-hydrogen) atoms. The Bertz CT molecular complexity index is 993. The van der Waals surface area contributed by atoms with Crippen LogP contribution in [-0.4, -0.2) is 44.3 Å². The van der Waals surface area contributed by atoms with Crippen LogP contribution >= 0.6 is 0 Å². The fourth-order valence-corrected chi connectivity index (χ4v) is 3.18. The molecule has 0 spiro atoms. The maximum atomic E-state index is 8.90. The lowest BCUT2D eigenvalue weighted by Crippen LogP contribution is -2.09. The fourth-order valence-electron chi connectivity index (χ4n) is 3.18. The average molecular weight is 374 g/mol. The molecule has 0 bridgehead atoms. The number of rotatable bonds is 8. The second-order valence-electron chi connectivity index (χ2n) is 6.33. The first kappa shape index (κ1) is 18.2. The molecule has 0 aliphatic carbocycles. The Balaban J connectivity index is 1.69. The molecule has 0 radical (unpaired) electrons. The van der Waals surface area contributed by atoms with Crippen molar-refractivity contribution in [2.45, 2.75) is 6.54 Å². The number of imidazole rings is 1. The Kier molecular flexibility index (Phi) is 5.61. The van der Waals surface area contributed by atoms with Crippen molar-refractivity contribution in [2.75, 3.05) is 19.8 Å². The molecule has 1 N–H and O–H groups in total. The highest BCUT2D eigenvalue weighted by Crippen LogP contribution is 2.31. The van der Waals surface area contributed by atoms with E-state index in [1.54, 1.807) is 6.20 Å². The number of hydrogen-bond acceptors (Lipinski definition) is 4. The van der Waals surface area contributed by atoms with Gasteiger partial charge in [0, 0.05) is 30.1 Å². The van der Waals surface area contributed by atoms with E-state index in [1.165, 1.54) is 0 Å². The molecule has 0 amide bonds. The van der Waals surface area contributed by atoms with Gasteiger partial charge in [-0.05, 0) is 18.2 Å². The highest BCUT2D eigenvalue weighted by Gasteiger charge is 2.15. The molecule has 0 atom stereocenters. The molecule has 4 rings (SSSR count). The first-order valence-corrected chi connectivity index (χ1v) is 9.26. The van der Waals surface area contributed by atoms with Gasteiger partial charge in [0.05, 0.1) is 43.2 Å². The second kappa shape index (κ2) is 8.65. The van der Waals surface area contributed by atoms with Gasteiger partial charge in [-0.2, -0.15) is 5.10 Å². The lowest BCUT2D eigenvalue weighted by molar-refractivity contribution is 0.0872. The summed E-state index contributed by atoms with van der Waals surface area (Å²) in [6.07, 6.45) is 5.54. The molecule has 2 heterocycles. The van der Waals surface area contributed by atoms with Crippen molar-refractivity contribution in [3.8, 4) is 28.2 Å². The van der Waals surface area contributed by atoms with Crippen LogP contribution in [0.15, 0.2) is 79.4 Å². The monoisotopic (exact) mass is 374 g/mol. The van der Waals surface area contributed by atoms with Crippen molar-refractivity contribution >= 4 is 0 Å². The van der Waals surface area contributed by atoms with Crippen molar-refractivity contribution in [1.82, 2.24) is 19.3 Å². The van der Waals surface area contributed by atoms with Crippen molar-refractivity contribution in [2.24, 2.45) is 0 Å². The summed E-state index contributed by atoms with van der Waals surface area (Å²) in [5.41, 5.74) is 5.14. The van der Waals surface area contributed by atoms with Crippen LogP contribution < -0.4 is 0 Å². The molecule has 0 saturated carbocycles. The SMILES string of the molecule is OCCOCCn1cnc(-c2ccccc2)c1-c1ccc(-n2cccn2)cc1. The van der Waals surface area contributed by atoms with Crippen molar-refractivity contribution < 1.29 is 9.84 Å². The molecule has 6 nitrogen and oxygen atoms in total. The standard InChI is InChI=1S/C22H22N4O2/c27-14-16-28-15-13-25-17-23-21(18-5-2-1-3-6-18)22(25)19-7-9-20(10-8-19)26-12-4-11-24-26/h1-12,17,27H,13-16H2. The van der Waals surface area contributed by atoms with Crippen molar-refractivity contribution in [3.05, 3.63) is 79.4 Å². The Morgan fingerprint density at radius 2 is 1.71 bits per heavy atom. The van der Waals surface area contributed by atoms with Gasteiger partial charge in [0.15, 0.2) is 0 Å². The third-order valence-electron chi connectivity index (χ3n) is 4.51. The Morgan fingerprint density at radius 1 is 0.893 bits per heavy atom. The van der Waals surface area contributed by atoms with Crippen LogP contribution in [0, 0.1) is 0 Å². The van der Waals surface area contributed by atoms with Crippen LogP contribution in [0.25, 0.3) is 28.2 Å². The minimum atomic E-state index is 0.0287. The quantitative estimate of drug-likeness (QED) is 0.480. The summed E-state index contributed by atoms with van der Waals surface area (Å²) in [5.74, 6) is 0. The molecule has 0 aliphatic heterocycles. The summed E-state index contributed by atoms with van der Waals surface area (Å²) in [7, 11) is 0. The summed E-state index contributed by atoms with van der Waals surface area (Å²) in [6.45, 7) is 1.55. The zero-order chi connectivity index (χ0) is 19.2. The fraction of sp³-hybridized carbons (Fsp3) is 0.182. The zero-order valence-electron chi connectivity index (χ0n) is 15.5. The maximum Gasteiger partial charge on any atom is 0.0963 e. The topological polar surface area (TPSA) is 65.1 Å². The van der Waals surface area contributed by atoms with Gasteiger partial charge in [0.1, 0.15) is 0 Å². The van der Waals surface area contributed by atoms with E-state index in [2.05, 4.69) is 51.0 Å². The lowest BCUT2D eigenvalue weighted by Gasteiger charge is -2.12. The van der Waals surface area contributed by atoms with Crippen LogP contribution in [-0.2, 0) is 11.3 Å². The summed E-state index contributed by atoms with van der Waals surface area (Å²) in [5, 5.41) is 13.2. The largest absolute Gasteiger partial charge is 0.394 e. The number of nitrogens with zero attached hydrogens (tertiary/aromatic N) is 4. The second-order valence-corrected chi connectivity index (χ2v) is 6.33. The molecule has 0 saturated heterocycles. The third kappa shape index (κ3) is 3.88. The van der Waals surface area contributed by atoms with Crippen LogP contribution in [0.2, 0.25) is 0 Å². The number of hydrogen-bond donors (Lipinski definition) is 1. The Morgan fingerprint density at radius 3 is 2.43 bits per heavy atom. The maximum absolute atomic E-state index is 8.90. The predicted molar refractivity (Wildman–Crippen MR) is 108 cm³/mol. The smallest absolute Gasteiger partial charge is 0.0963 e. The van der Waals surface area contributed by atoms with Crippen molar-refractivity contribution in [3.63, 3.8) is 0 Å². The van der Waals surface area contributed by atoms with Crippen LogP contribution in [0.4, 0.5) is 0 Å². The van der Waals surface area contributed by atoms with Gasteiger partial charge >= 0.3 is 0 Å². The molecular formula is C22H22N4O2. The van der Waals surface area contributed by atoms with Crippen LogP contribution in [0.3, 0.4) is 0 Å². The Hall–Kier alpha value is -3.22. The molecule has 6 heteroatoms. The van der Waals surface area contributed by atoms with E-state index in [9.17, 15) is 0 Å². The van der Waals surface area contributed by atoms with Gasteiger partial charge in [-0.15, -0.1) is 0 Å². The normalized spacial score (nSPS) is 11.0. The molecular weight excluding hydrogens is 352 g/mol. The molecule has 4 aromatic rings. The summed E-state index contributed by atoms with van der Waals surface area (Å²) < 4.78 is 9.39. The number of benzene rings is 2.